The maximum Gasteiger partial charge on any atom is 0.339 e. The molecular weight excluding hydrogens is 422 g/mol. The summed E-state index contributed by atoms with van der Waals surface area (Å²) in [5, 5.41) is 4.09. The Morgan fingerprint density at radius 3 is 2.47 bits per heavy atom. The second kappa shape index (κ2) is 9.28. The summed E-state index contributed by atoms with van der Waals surface area (Å²) in [5.74, 6) is -0.815. The molecule has 0 atom stereocenters. The Hall–Kier alpha value is -2.90. The Balaban J connectivity index is 1.92. The Morgan fingerprint density at radius 2 is 1.90 bits per heavy atom. The van der Waals surface area contributed by atoms with E-state index in [0.717, 1.165) is 21.1 Å². The fraction of sp³-hybridized carbons (Fsp3) is 0.227. The number of ether oxygens (including phenoxy) is 1. The standard InChI is InChI=1S/C22H22ClN3O3S/c1-13-24-12-16(30-13)9-21(27)25-20-11-19(23)17(10-18(20)22(28)29-4)14-5-7-15(8-6-14)26(2)3/h5-8,10-12H,9H2,1-4H3,(H,25,27). The first-order chi connectivity index (χ1) is 14.3. The van der Waals surface area contributed by atoms with Crippen LogP contribution in [0.15, 0.2) is 42.6 Å². The highest BCUT2D eigenvalue weighted by atomic mass is 35.5. The second-order valence-electron chi connectivity index (χ2n) is 6.88. The number of benzene rings is 2. The van der Waals surface area contributed by atoms with Crippen molar-refractivity contribution < 1.29 is 14.3 Å². The summed E-state index contributed by atoms with van der Waals surface area (Å²) in [6.07, 6.45) is 1.84. The predicted molar refractivity (Wildman–Crippen MR) is 122 cm³/mol. The number of carbonyl (C=O) groups is 2. The molecule has 1 amide bonds. The number of carbonyl (C=O) groups excluding carboxylic acids is 2. The van der Waals surface area contributed by atoms with Crippen LogP contribution >= 0.6 is 22.9 Å². The number of halogens is 1. The van der Waals surface area contributed by atoms with Crippen LogP contribution in [0.25, 0.3) is 11.1 Å². The highest BCUT2D eigenvalue weighted by molar-refractivity contribution is 7.11. The normalized spacial score (nSPS) is 10.6. The number of nitrogens with one attached hydrogen (secondary N) is 1. The maximum atomic E-state index is 12.5. The van der Waals surface area contributed by atoms with Crippen LogP contribution in [0.4, 0.5) is 11.4 Å². The van der Waals surface area contributed by atoms with Crippen LogP contribution in [0.2, 0.25) is 5.02 Å². The number of hydrogen-bond donors (Lipinski definition) is 1. The summed E-state index contributed by atoms with van der Waals surface area (Å²) >= 11 is 7.97. The summed E-state index contributed by atoms with van der Waals surface area (Å²) < 4.78 is 4.91. The third kappa shape index (κ3) is 4.98. The number of anilines is 2. The molecule has 3 aromatic rings. The lowest BCUT2D eigenvalue weighted by molar-refractivity contribution is -0.115. The van der Waals surface area contributed by atoms with Crippen LogP contribution in [0.3, 0.4) is 0 Å². The van der Waals surface area contributed by atoms with Gasteiger partial charge in [-0.15, -0.1) is 11.3 Å². The lowest BCUT2D eigenvalue weighted by atomic mass is 10.0. The first kappa shape index (κ1) is 21.8. The lowest BCUT2D eigenvalue weighted by Crippen LogP contribution is -2.17. The van der Waals surface area contributed by atoms with Gasteiger partial charge >= 0.3 is 5.97 Å². The molecule has 3 rings (SSSR count). The minimum Gasteiger partial charge on any atom is -0.465 e. The molecule has 1 aromatic heterocycles. The van der Waals surface area contributed by atoms with Crippen LogP contribution in [0.5, 0.6) is 0 Å². The molecule has 0 aliphatic heterocycles. The van der Waals surface area contributed by atoms with Gasteiger partial charge in [-0.25, -0.2) is 9.78 Å². The van der Waals surface area contributed by atoms with Crippen LogP contribution in [-0.2, 0) is 16.0 Å². The highest BCUT2D eigenvalue weighted by Gasteiger charge is 2.19. The van der Waals surface area contributed by atoms with Gasteiger partial charge in [0.25, 0.3) is 0 Å². The summed E-state index contributed by atoms with van der Waals surface area (Å²) in [6, 6.07) is 11.0. The van der Waals surface area contributed by atoms with Gasteiger partial charge in [-0.2, -0.15) is 0 Å². The van der Waals surface area contributed by atoms with Crippen LogP contribution < -0.4 is 10.2 Å². The zero-order valence-corrected chi connectivity index (χ0v) is 18.7. The second-order valence-corrected chi connectivity index (χ2v) is 8.61. The number of aryl methyl sites for hydroxylation is 1. The zero-order valence-electron chi connectivity index (χ0n) is 17.2. The van der Waals surface area contributed by atoms with Crippen molar-refractivity contribution in [2.24, 2.45) is 0 Å². The molecule has 30 heavy (non-hydrogen) atoms. The molecule has 6 nitrogen and oxygen atoms in total. The summed E-state index contributed by atoms with van der Waals surface area (Å²) in [4.78, 5) is 31.9. The summed E-state index contributed by atoms with van der Waals surface area (Å²) in [5.41, 5.74) is 3.13. The molecule has 2 aromatic carbocycles. The van der Waals surface area contributed by atoms with Crippen molar-refractivity contribution in [3.63, 3.8) is 0 Å². The summed E-state index contributed by atoms with van der Waals surface area (Å²) in [6.45, 7) is 1.88. The molecular formula is C22H22ClN3O3S. The molecule has 0 saturated heterocycles. The van der Waals surface area contributed by atoms with E-state index >= 15 is 0 Å². The Kier molecular flexibility index (Phi) is 6.74. The molecule has 0 aliphatic rings. The van der Waals surface area contributed by atoms with E-state index < -0.39 is 5.97 Å². The van der Waals surface area contributed by atoms with Gasteiger partial charge in [0, 0.05) is 36.4 Å². The number of hydrogen-bond acceptors (Lipinski definition) is 6. The maximum absolute atomic E-state index is 12.5. The number of rotatable bonds is 6. The summed E-state index contributed by atoms with van der Waals surface area (Å²) in [7, 11) is 5.22. The Bertz CT molecular complexity index is 1080. The molecule has 0 unspecified atom stereocenters. The fourth-order valence-corrected chi connectivity index (χ4v) is 4.02. The van der Waals surface area contributed by atoms with E-state index in [9.17, 15) is 9.59 Å². The van der Waals surface area contributed by atoms with E-state index in [2.05, 4.69) is 10.3 Å². The smallest absolute Gasteiger partial charge is 0.339 e. The van der Waals surface area contributed by atoms with Crippen molar-refractivity contribution in [1.82, 2.24) is 4.98 Å². The number of thiazole rings is 1. The molecule has 8 heteroatoms. The van der Waals surface area contributed by atoms with Crippen molar-refractivity contribution in [3.8, 4) is 11.1 Å². The Morgan fingerprint density at radius 1 is 1.20 bits per heavy atom. The van der Waals surface area contributed by atoms with Crippen LogP contribution in [0, 0.1) is 6.92 Å². The lowest BCUT2D eigenvalue weighted by Gasteiger charge is -2.15. The van der Waals surface area contributed by atoms with E-state index in [1.165, 1.54) is 18.4 Å². The van der Waals surface area contributed by atoms with E-state index in [0.29, 0.717) is 16.3 Å². The fourth-order valence-electron chi connectivity index (χ4n) is 2.96. The molecule has 0 spiro atoms. The van der Waals surface area contributed by atoms with Gasteiger partial charge in [-0.1, -0.05) is 23.7 Å². The van der Waals surface area contributed by atoms with Crippen LogP contribution in [-0.4, -0.2) is 38.1 Å². The van der Waals surface area contributed by atoms with Crippen LogP contribution in [0.1, 0.15) is 20.2 Å². The molecule has 1 heterocycles. The molecule has 156 valence electrons. The first-order valence-electron chi connectivity index (χ1n) is 9.19. The van der Waals surface area contributed by atoms with Gasteiger partial charge in [-0.05, 0) is 36.8 Å². The largest absolute Gasteiger partial charge is 0.465 e. The zero-order chi connectivity index (χ0) is 21.8. The average Bonchev–Trinajstić information content (AvgIpc) is 3.12. The van der Waals surface area contributed by atoms with Gasteiger partial charge in [0.15, 0.2) is 0 Å². The van der Waals surface area contributed by atoms with Gasteiger partial charge in [-0.3, -0.25) is 4.79 Å². The minimum absolute atomic E-state index is 0.164. The number of amides is 1. The third-order valence-electron chi connectivity index (χ3n) is 4.49. The molecule has 0 fully saturated rings. The van der Waals surface area contributed by atoms with Gasteiger partial charge in [0.2, 0.25) is 5.91 Å². The molecule has 1 N–H and O–H groups in total. The number of esters is 1. The number of aromatic nitrogens is 1. The minimum atomic E-state index is -0.554. The topological polar surface area (TPSA) is 71.5 Å². The quantitative estimate of drug-likeness (QED) is 0.554. The molecule has 0 saturated carbocycles. The van der Waals surface area contributed by atoms with Crippen molar-refractivity contribution in [2.75, 3.05) is 31.4 Å². The molecule has 0 aliphatic carbocycles. The number of nitrogens with zero attached hydrogens (tertiary/aromatic N) is 2. The van der Waals surface area contributed by atoms with Gasteiger partial charge in [0.05, 0.1) is 34.8 Å². The molecule has 0 bridgehead atoms. The van der Waals surface area contributed by atoms with Crippen molar-refractivity contribution in [1.29, 1.82) is 0 Å². The van der Waals surface area contributed by atoms with E-state index in [1.54, 1.807) is 18.3 Å². The third-order valence-corrected chi connectivity index (χ3v) is 5.71. The van der Waals surface area contributed by atoms with Gasteiger partial charge in [0.1, 0.15) is 0 Å². The van der Waals surface area contributed by atoms with Gasteiger partial charge < -0.3 is 15.0 Å². The average molecular weight is 444 g/mol. The Labute approximate surface area is 184 Å². The molecule has 0 radical (unpaired) electrons. The van der Waals surface area contributed by atoms with Crippen molar-refractivity contribution >= 4 is 46.2 Å². The SMILES string of the molecule is COC(=O)c1cc(-c2ccc(N(C)C)cc2)c(Cl)cc1NC(=O)Cc1cnc(C)s1. The van der Waals surface area contributed by atoms with E-state index in [4.69, 9.17) is 16.3 Å². The monoisotopic (exact) mass is 443 g/mol. The van der Waals surface area contributed by atoms with Crippen molar-refractivity contribution in [2.45, 2.75) is 13.3 Å². The van der Waals surface area contributed by atoms with Crippen molar-refractivity contribution in [3.05, 3.63) is 63.1 Å². The van der Waals surface area contributed by atoms with E-state index in [-0.39, 0.29) is 17.9 Å². The number of methoxy groups -OCH3 is 1. The highest BCUT2D eigenvalue weighted by Crippen LogP contribution is 2.34. The van der Waals surface area contributed by atoms with E-state index in [1.807, 2.05) is 50.2 Å². The predicted octanol–water partition coefficient (Wildman–Crippen LogP) is 4.81. The first-order valence-corrected chi connectivity index (χ1v) is 10.4.